The van der Waals surface area contributed by atoms with Crippen molar-refractivity contribution in [3.63, 3.8) is 0 Å². The van der Waals surface area contributed by atoms with Crippen molar-refractivity contribution in [1.29, 1.82) is 0 Å². The highest BCUT2D eigenvalue weighted by Crippen LogP contribution is 2.41. The van der Waals surface area contributed by atoms with E-state index < -0.39 is 18.0 Å². The molecule has 2 aliphatic rings. The van der Waals surface area contributed by atoms with Gasteiger partial charge in [-0.15, -0.1) is 0 Å². The normalized spacial score (nSPS) is 19.7. The molecule has 1 amide bonds. The third-order valence-electron chi connectivity index (χ3n) is 8.81. The fraction of sp³-hybridized carbons (Fsp3) is 0.484. The van der Waals surface area contributed by atoms with Crippen molar-refractivity contribution in [2.45, 2.75) is 52.4 Å². The molecule has 5 rings (SSSR count). The molecule has 0 unspecified atom stereocenters. The second kappa shape index (κ2) is 12.2. The molecule has 2 aromatic heterocycles. The van der Waals surface area contributed by atoms with Crippen LogP contribution in [-0.4, -0.2) is 68.2 Å². The zero-order valence-electron chi connectivity index (χ0n) is 23.5. The Labute approximate surface area is 244 Å². The van der Waals surface area contributed by atoms with Crippen LogP contribution in [0.4, 0.5) is 0 Å². The number of hydrogen-bond acceptors (Lipinski definition) is 6. The van der Waals surface area contributed by atoms with Gasteiger partial charge in [0, 0.05) is 18.7 Å². The van der Waals surface area contributed by atoms with E-state index in [4.69, 9.17) is 26.4 Å². The van der Waals surface area contributed by atoms with Crippen LogP contribution in [-0.2, 0) is 9.59 Å². The summed E-state index contributed by atoms with van der Waals surface area (Å²) in [5.74, 6) is -0.228. The number of benzene rings is 1. The van der Waals surface area contributed by atoms with Gasteiger partial charge >= 0.3 is 5.97 Å². The van der Waals surface area contributed by atoms with Gasteiger partial charge < -0.3 is 24.8 Å². The maximum Gasteiger partial charge on any atom is 0.309 e. The summed E-state index contributed by atoms with van der Waals surface area (Å²) in [5.41, 5.74) is 4.32. The predicted molar refractivity (Wildman–Crippen MR) is 158 cm³/mol. The highest BCUT2D eigenvalue weighted by Gasteiger charge is 2.38. The first kappa shape index (κ1) is 29.1. The SMILES string of the molecule is CC(C)(C(=O)O)C1CCC(CCOc2nc3nc(-c4ccc(C5=CCN(C(=O)CO)CC5)cc4)c(Cl)cc3[nH]2)CC1. The molecule has 3 aromatic rings. The Balaban J connectivity index is 1.18. The van der Waals surface area contributed by atoms with Gasteiger partial charge in [-0.1, -0.05) is 54.8 Å². The van der Waals surface area contributed by atoms with E-state index in [1.165, 1.54) is 5.57 Å². The number of halogens is 1. The van der Waals surface area contributed by atoms with Gasteiger partial charge in [0.15, 0.2) is 5.65 Å². The molecule has 9 nitrogen and oxygen atoms in total. The number of carboxylic acids is 1. The Morgan fingerprint density at radius 2 is 1.83 bits per heavy atom. The smallest absolute Gasteiger partial charge is 0.309 e. The van der Waals surface area contributed by atoms with Crippen LogP contribution >= 0.6 is 11.6 Å². The second-order valence-electron chi connectivity index (χ2n) is 11.7. The number of carbonyl (C=O) groups excluding carboxylic acids is 1. The number of aliphatic carboxylic acids is 1. The lowest BCUT2D eigenvalue weighted by Gasteiger charge is -2.36. The van der Waals surface area contributed by atoms with Crippen molar-refractivity contribution in [3.05, 3.63) is 47.0 Å². The third-order valence-corrected chi connectivity index (χ3v) is 9.10. The van der Waals surface area contributed by atoms with Gasteiger partial charge in [-0.2, -0.15) is 4.98 Å². The number of rotatable bonds is 9. The highest BCUT2D eigenvalue weighted by molar-refractivity contribution is 6.33. The number of imidazole rings is 1. The number of carbonyl (C=O) groups is 2. The number of amides is 1. The fourth-order valence-corrected chi connectivity index (χ4v) is 6.20. The third kappa shape index (κ3) is 6.41. The van der Waals surface area contributed by atoms with Crippen molar-refractivity contribution < 1.29 is 24.5 Å². The monoisotopic (exact) mass is 580 g/mol. The Bertz CT molecular complexity index is 1440. The first-order valence-electron chi connectivity index (χ1n) is 14.3. The van der Waals surface area contributed by atoms with Crippen LogP contribution in [0, 0.1) is 17.3 Å². The van der Waals surface area contributed by atoms with Crippen molar-refractivity contribution in [2.24, 2.45) is 17.3 Å². The molecule has 1 aromatic carbocycles. The summed E-state index contributed by atoms with van der Waals surface area (Å²) in [4.78, 5) is 37.3. The summed E-state index contributed by atoms with van der Waals surface area (Å²) in [6.45, 7) is 4.82. The minimum Gasteiger partial charge on any atom is -0.481 e. The minimum atomic E-state index is -0.716. The summed E-state index contributed by atoms with van der Waals surface area (Å²) in [5, 5.41) is 19.1. The molecule has 41 heavy (non-hydrogen) atoms. The number of nitrogens with zero attached hydrogens (tertiary/aromatic N) is 3. The molecule has 0 spiro atoms. The number of hydrogen-bond donors (Lipinski definition) is 3. The molecule has 1 fully saturated rings. The average molecular weight is 581 g/mol. The molecule has 10 heteroatoms. The fourth-order valence-electron chi connectivity index (χ4n) is 5.94. The van der Waals surface area contributed by atoms with E-state index in [0.29, 0.717) is 53.5 Å². The van der Waals surface area contributed by atoms with E-state index in [1.807, 2.05) is 50.3 Å². The molecule has 3 heterocycles. The van der Waals surface area contributed by atoms with E-state index in [-0.39, 0.29) is 11.8 Å². The summed E-state index contributed by atoms with van der Waals surface area (Å²) in [7, 11) is 0. The lowest BCUT2D eigenvalue weighted by atomic mass is 9.68. The van der Waals surface area contributed by atoms with Crippen LogP contribution in [0.25, 0.3) is 28.0 Å². The predicted octanol–water partition coefficient (Wildman–Crippen LogP) is 5.57. The largest absolute Gasteiger partial charge is 0.481 e. The molecule has 1 saturated carbocycles. The van der Waals surface area contributed by atoms with E-state index in [1.54, 1.807) is 4.90 Å². The zero-order valence-corrected chi connectivity index (χ0v) is 24.3. The molecule has 218 valence electrons. The van der Waals surface area contributed by atoms with Crippen LogP contribution in [0.15, 0.2) is 36.4 Å². The van der Waals surface area contributed by atoms with Crippen molar-refractivity contribution in [1.82, 2.24) is 19.9 Å². The van der Waals surface area contributed by atoms with Gasteiger partial charge in [0.05, 0.1) is 28.3 Å². The lowest BCUT2D eigenvalue weighted by molar-refractivity contribution is -0.151. The maximum absolute atomic E-state index is 11.7. The average Bonchev–Trinajstić information content (AvgIpc) is 3.38. The quantitative estimate of drug-likeness (QED) is 0.302. The number of carboxylic acid groups (broad SMARTS) is 1. The Kier molecular flexibility index (Phi) is 8.66. The summed E-state index contributed by atoms with van der Waals surface area (Å²) >= 11 is 6.61. The molecule has 3 N–H and O–H groups in total. The number of aromatic amines is 1. The minimum absolute atomic E-state index is 0.216. The number of nitrogens with one attached hydrogen (secondary N) is 1. The number of ether oxygens (including phenoxy) is 1. The molecule has 0 saturated heterocycles. The number of pyridine rings is 1. The number of aromatic nitrogens is 3. The maximum atomic E-state index is 11.7. The molecular formula is C31H37ClN4O5. The van der Waals surface area contributed by atoms with Crippen LogP contribution in [0.2, 0.25) is 5.02 Å². The summed E-state index contributed by atoms with van der Waals surface area (Å²) in [6, 6.07) is 10.3. The summed E-state index contributed by atoms with van der Waals surface area (Å²) in [6.07, 6.45) is 7.56. The van der Waals surface area contributed by atoms with Gasteiger partial charge in [-0.3, -0.25) is 9.59 Å². The molecular weight excluding hydrogens is 544 g/mol. The van der Waals surface area contributed by atoms with Crippen molar-refractivity contribution >= 4 is 40.2 Å². The zero-order chi connectivity index (χ0) is 29.1. The van der Waals surface area contributed by atoms with Crippen LogP contribution < -0.4 is 4.74 Å². The van der Waals surface area contributed by atoms with E-state index >= 15 is 0 Å². The van der Waals surface area contributed by atoms with Gasteiger partial charge in [0.25, 0.3) is 6.01 Å². The Morgan fingerprint density at radius 3 is 2.46 bits per heavy atom. The standard InChI is InChI=1S/C31H37ClN4O5/c1-31(2,29(39)40)23-9-3-19(4-10-23)13-16-41-30-33-25-17-24(32)27(34-28(25)35-30)22-7-5-20(6-8-22)21-11-14-36(15-12-21)26(38)18-37/h5-8,11,17,19,23,37H,3-4,9-10,12-16,18H2,1-2H3,(H,39,40)(H,33,34,35). The Morgan fingerprint density at radius 1 is 1.12 bits per heavy atom. The molecule has 1 aliphatic carbocycles. The highest BCUT2D eigenvalue weighted by atomic mass is 35.5. The first-order chi connectivity index (χ1) is 19.7. The first-order valence-corrected chi connectivity index (χ1v) is 14.6. The topological polar surface area (TPSA) is 129 Å². The van der Waals surface area contributed by atoms with Crippen molar-refractivity contribution in [3.8, 4) is 17.3 Å². The van der Waals surface area contributed by atoms with E-state index in [0.717, 1.165) is 49.7 Å². The second-order valence-corrected chi connectivity index (χ2v) is 12.1. The molecule has 0 radical (unpaired) electrons. The van der Waals surface area contributed by atoms with Crippen LogP contribution in [0.5, 0.6) is 6.01 Å². The van der Waals surface area contributed by atoms with E-state index in [9.17, 15) is 14.7 Å². The summed E-state index contributed by atoms with van der Waals surface area (Å²) < 4.78 is 5.94. The number of fused-ring (bicyclic) bond motifs is 1. The van der Waals surface area contributed by atoms with Gasteiger partial charge in [0.1, 0.15) is 6.61 Å². The molecule has 0 bridgehead atoms. The lowest BCUT2D eigenvalue weighted by Crippen LogP contribution is -2.36. The van der Waals surface area contributed by atoms with Gasteiger partial charge in [0.2, 0.25) is 5.91 Å². The molecule has 0 atom stereocenters. The molecule has 1 aliphatic heterocycles. The van der Waals surface area contributed by atoms with Gasteiger partial charge in [-0.05, 0) is 68.6 Å². The van der Waals surface area contributed by atoms with Crippen LogP contribution in [0.3, 0.4) is 0 Å². The number of aliphatic hydroxyl groups excluding tert-OH is 1. The number of aliphatic hydroxyl groups is 1. The Hall–Kier alpha value is -3.43. The van der Waals surface area contributed by atoms with Crippen molar-refractivity contribution in [2.75, 3.05) is 26.3 Å². The van der Waals surface area contributed by atoms with Crippen LogP contribution in [0.1, 0.15) is 57.9 Å². The number of H-pyrrole nitrogens is 1. The van der Waals surface area contributed by atoms with E-state index in [2.05, 4.69) is 9.97 Å². The van der Waals surface area contributed by atoms with Gasteiger partial charge in [-0.25, -0.2) is 4.98 Å².